The summed E-state index contributed by atoms with van der Waals surface area (Å²) in [7, 11) is 0. The Morgan fingerprint density at radius 1 is 1.19 bits per heavy atom. The van der Waals surface area contributed by atoms with Gasteiger partial charge in [-0.25, -0.2) is 0 Å². The number of halogens is 1. The van der Waals surface area contributed by atoms with Crippen molar-refractivity contribution in [3.05, 3.63) is 35.9 Å². The molecule has 0 saturated carbocycles. The molecule has 1 atom stereocenters. The van der Waals surface area contributed by atoms with Crippen LogP contribution in [0.4, 0.5) is 0 Å². The van der Waals surface area contributed by atoms with E-state index >= 15 is 0 Å². The van der Waals surface area contributed by atoms with Crippen molar-refractivity contribution in [2.24, 2.45) is 11.7 Å². The molecule has 0 bridgehead atoms. The second-order valence-corrected chi connectivity index (χ2v) is 6.75. The predicted molar refractivity (Wildman–Crippen MR) is 91.8 cm³/mol. The third-order valence-corrected chi connectivity index (χ3v) is 4.28. The first-order chi connectivity index (χ1) is 9.21. The quantitative estimate of drug-likeness (QED) is 0.847. The van der Waals surface area contributed by atoms with Gasteiger partial charge in [0.2, 0.25) is 5.91 Å². The zero-order valence-electron chi connectivity index (χ0n) is 13.8. The highest BCUT2D eigenvalue weighted by Gasteiger charge is 2.31. The van der Waals surface area contributed by atoms with E-state index in [0.717, 1.165) is 0 Å². The highest BCUT2D eigenvalue weighted by Crippen LogP contribution is 2.27. The lowest BCUT2D eigenvalue weighted by Crippen LogP contribution is -2.55. The van der Waals surface area contributed by atoms with Gasteiger partial charge in [-0.1, -0.05) is 58.0 Å². The van der Waals surface area contributed by atoms with Gasteiger partial charge in [0.1, 0.15) is 0 Å². The molecule has 0 aliphatic heterocycles. The van der Waals surface area contributed by atoms with Crippen LogP contribution in [0.1, 0.15) is 46.6 Å². The highest BCUT2D eigenvalue weighted by atomic mass is 35.5. The van der Waals surface area contributed by atoms with Crippen LogP contribution in [0.5, 0.6) is 0 Å². The third-order valence-electron chi connectivity index (χ3n) is 4.28. The average Bonchev–Trinajstić information content (AvgIpc) is 2.38. The van der Waals surface area contributed by atoms with Crippen molar-refractivity contribution >= 4 is 18.3 Å². The minimum absolute atomic E-state index is 0. The van der Waals surface area contributed by atoms with Crippen molar-refractivity contribution in [1.29, 1.82) is 0 Å². The van der Waals surface area contributed by atoms with Crippen molar-refractivity contribution in [3.8, 4) is 0 Å². The Balaban J connectivity index is 0.00000400. The molecule has 1 unspecified atom stereocenters. The first-order valence-electron chi connectivity index (χ1n) is 7.28. The van der Waals surface area contributed by atoms with Crippen molar-refractivity contribution in [1.82, 2.24) is 5.32 Å². The van der Waals surface area contributed by atoms with Crippen LogP contribution in [0.2, 0.25) is 0 Å². The summed E-state index contributed by atoms with van der Waals surface area (Å²) in [4.78, 5) is 12.3. The maximum atomic E-state index is 12.3. The van der Waals surface area contributed by atoms with Crippen LogP contribution in [-0.4, -0.2) is 18.0 Å². The van der Waals surface area contributed by atoms with Gasteiger partial charge in [-0.15, -0.1) is 12.4 Å². The predicted octanol–water partition coefficient (Wildman–Crippen LogP) is 3.27. The second kappa shape index (κ2) is 7.81. The average molecular weight is 313 g/mol. The second-order valence-electron chi connectivity index (χ2n) is 6.75. The minimum atomic E-state index is -0.343. The molecule has 120 valence electrons. The number of benzene rings is 1. The van der Waals surface area contributed by atoms with Gasteiger partial charge in [-0.05, 0) is 23.8 Å². The van der Waals surface area contributed by atoms with E-state index in [0.29, 0.717) is 18.9 Å². The van der Waals surface area contributed by atoms with Gasteiger partial charge in [-0.2, -0.15) is 0 Å². The van der Waals surface area contributed by atoms with Crippen LogP contribution in [0, 0.1) is 5.92 Å². The standard InChI is InChI=1S/C17H28N2O.ClH/c1-13(2)17(5,12-18)19-15(20)11-16(3,4)14-9-7-6-8-10-14;/h6-10,13H,11-12,18H2,1-5H3,(H,19,20);1H. The van der Waals surface area contributed by atoms with Crippen LogP contribution < -0.4 is 11.1 Å². The fraction of sp³-hybridized carbons (Fsp3) is 0.588. The largest absolute Gasteiger partial charge is 0.349 e. The molecule has 0 aliphatic carbocycles. The number of nitrogens with one attached hydrogen (secondary N) is 1. The van der Waals surface area contributed by atoms with E-state index in [1.165, 1.54) is 5.56 Å². The van der Waals surface area contributed by atoms with Gasteiger partial charge >= 0.3 is 0 Å². The SMILES string of the molecule is CC(C)C(C)(CN)NC(=O)CC(C)(C)c1ccccc1.Cl. The summed E-state index contributed by atoms with van der Waals surface area (Å²) in [5.41, 5.74) is 6.47. The molecule has 0 aliphatic rings. The van der Waals surface area contributed by atoms with Crippen molar-refractivity contribution in [3.63, 3.8) is 0 Å². The van der Waals surface area contributed by atoms with E-state index in [9.17, 15) is 4.79 Å². The van der Waals surface area contributed by atoms with Crippen LogP contribution in [0.3, 0.4) is 0 Å². The molecule has 3 nitrogen and oxygen atoms in total. The maximum absolute atomic E-state index is 12.3. The molecule has 0 aromatic heterocycles. The zero-order valence-corrected chi connectivity index (χ0v) is 14.6. The van der Waals surface area contributed by atoms with E-state index in [2.05, 4.69) is 45.1 Å². The van der Waals surface area contributed by atoms with Gasteiger partial charge in [0.15, 0.2) is 0 Å². The number of amides is 1. The zero-order chi connectivity index (χ0) is 15.4. The molecule has 0 radical (unpaired) electrons. The fourth-order valence-corrected chi connectivity index (χ4v) is 2.19. The monoisotopic (exact) mass is 312 g/mol. The van der Waals surface area contributed by atoms with Gasteiger partial charge in [0.25, 0.3) is 0 Å². The molecule has 0 fully saturated rings. The molecule has 0 heterocycles. The summed E-state index contributed by atoms with van der Waals surface area (Å²) < 4.78 is 0. The molecule has 21 heavy (non-hydrogen) atoms. The Labute approximate surface area is 135 Å². The summed E-state index contributed by atoms with van der Waals surface area (Å²) in [6.07, 6.45) is 0.458. The first-order valence-corrected chi connectivity index (χ1v) is 7.28. The van der Waals surface area contributed by atoms with E-state index in [4.69, 9.17) is 5.73 Å². The molecule has 1 aromatic rings. The topological polar surface area (TPSA) is 55.1 Å². The van der Waals surface area contributed by atoms with Crippen LogP contribution in [-0.2, 0) is 10.2 Å². The molecule has 0 saturated heterocycles. The van der Waals surface area contributed by atoms with E-state index < -0.39 is 0 Å². The Morgan fingerprint density at radius 3 is 2.14 bits per heavy atom. The van der Waals surface area contributed by atoms with Crippen molar-refractivity contribution < 1.29 is 4.79 Å². The van der Waals surface area contributed by atoms with Crippen LogP contribution in [0.15, 0.2) is 30.3 Å². The molecule has 1 amide bonds. The molecular weight excluding hydrogens is 284 g/mol. The smallest absolute Gasteiger partial charge is 0.221 e. The molecule has 0 spiro atoms. The van der Waals surface area contributed by atoms with Crippen molar-refractivity contribution in [2.75, 3.05) is 6.54 Å². The number of rotatable bonds is 6. The van der Waals surface area contributed by atoms with E-state index in [1.807, 2.05) is 25.1 Å². The summed E-state index contributed by atoms with van der Waals surface area (Å²) in [6, 6.07) is 10.1. The summed E-state index contributed by atoms with van der Waals surface area (Å²) in [6.45, 7) is 10.8. The number of nitrogens with two attached hydrogens (primary N) is 1. The molecular formula is C17H29ClN2O. The Kier molecular flexibility index (Phi) is 7.41. The number of hydrogen-bond acceptors (Lipinski definition) is 2. The van der Waals surface area contributed by atoms with Crippen LogP contribution >= 0.6 is 12.4 Å². The van der Waals surface area contributed by atoms with Gasteiger partial charge < -0.3 is 11.1 Å². The summed E-state index contributed by atoms with van der Waals surface area (Å²) in [5, 5.41) is 3.10. The molecule has 3 N–H and O–H groups in total. The van der Waals surface area contributed by atoms with E-state index in [1.54, 1.807) is 0 Å². The number of carbonyl (C=O) groups excluding carboxylic acids is 1. The Morgan fingerprint density at radius 2 is 1.71 bits per heavy atom. The summed E-state index contributed by atoms with van der Waals surface area (Å²) in [5.74, 6) is 0.358. The molecule has 1 aromatic carbocycles. The third kappa shape index (κ3) is 5.33. The highest BCUT2D eigenvalue weighted by molar-refractivity contribution is 5.85. The fourth-order valence-electron chi connectivity index (χ4n) is 2.19. The molecule has 4 heteroatoms. The lowest BCUT2D eigenvalue weighted by Gasteiger charge is -2.35. The minimum Gasteiger partial charge on any atom is -0.349 e. The number of hydrogen-bond donors (Lipinski definition) is 2. The van der Waals surface area contributed by atoms with Gasteiger partial charge in [0, 0.05) is 13.0 Å². The van der Waals surface area contributed by atoms with E-state index in [-0.39, 0.29) is 29.3 Å². The van der Waals surface area contributed by atoms with Gasteiger partial charge in [0.05, 0.1) is 5.54 Å². The van der Waals surface area contributed by atoms with Crippen molar-refractivity contribution in [2.45, 2.75) is 52.0 Å². The maximum Gasteiger partial charge on any atom is 0.221 e. The number of carbonyl (C=O) groups is 1. The summed E-state index contributed by atoms with van der Waals surface area (Å²) >= 11 is 0. The lowest BCUT2D eigenvalue weighted by molar-refractivity contribution is -0.124. The Hall–Kier alpha value is -1.06. The molecule has 1 rings (SSSR count). The Bertz CT molecular complexity index is 445. The van der Waals surface area contributed by atoms with Gasteiger partial charge in [-0.3, -0.25) is 4.79 Å². The normalized spacial score (nSPS) is 14.2. The lowest BCUT2D eigenvalue weighted by atomic mass is 9.80. The first kappa shape index (κ1) is 19.9. The van der Waals surface area contributed by atoms with Crippen LogP contribution in [0.25, 0.3) is 0 Å².